The van der Waals surface area contributed by atoms with Crippen molar-refractivity contribution in [1.82, 2.24) is 4.31 Å². The van der Waals surface area contributed by atoms with Gasteiger partial charge in [0.2, 0.25) is 0 Å². The summed E-state index contributed by atoms with van der Waals surface area (Å²) in [6.07, 6.45) is 0.908. The third-order valence-corrected chi connectivity index (χ3v) is 2.46. The van der Waals surface area contributed by atoms with E-state index in [1.807, 2.05) is 24.3 Å². The van der Waals surface area contributed by atoms with Crippen molar-refractivity contribution in [2.45, 2.75) is 6.42 Å². The van der Waals surface area contributed by atoms with Crippen LogP contribution < -0.4 is 0 Å². The first kappa shape index (κ1) is 7.68. The Morgan fingerprint density at radius 2 is 2.08 bits per heavy atom. The normalized spacial score (nSPS) is 16.1. The van der Waals surface area contributed by atoms with Gasteiger partial charge in [-0.05, 0) is 18.1 Å². The summed E-state index contributed by atoms with van der Waals surface area (Å²) in [5.74, 6) is 0.0141. The molecule has 1 amide bonds. The largest absolute Gasteiger partial charge is 0.285 e. The number of thiol groups is 1. The predicted octanol–water partition coefficient (Wildman–Crippen LogP) is 1.53. The van der Waals surface area contributed by atoms with Crippen molar-refractivity contribution in [2.75, 3.05) is 6.54 Å². The minimum atomic E-state index is 0.0141. The average Bonchev–Trinajstić information content (AvgIpc) is 2.12. The van der Waals surface area contributed by atoms with E-state index in [1.165, 1.54) is 4.31 Å². The van der Waals surface area contributed by atoms with E-state index in [9.17, 15) is 4.79 Å². The minimum Gasteiger partial charge on any atom is -0.285 e. The fourth-order valence-corrected chi connectivity index (χ4v) is 1.62. The molecule has 1 aliphatic rings. The van der Waals surface area contributed by atoms with Gasteiger partial charge in [-0.3, -0.25) is 9.10 Å². The summed E-state index contributed by atoms with van der Waals surface area (Å²) in [4.78, 5) is 11.5. The number of carbonyl (C=O) groups excluding carboxylic acids is 1. The van der Waals surface area contributed by atoms with Crippen LogP contribution in [0.25, 0.3) is 0 Å². The summed E-state index contributed by atoms with van der Waals surface area (Å²) in [6.45, 7) is 0.707. The molecule has 1 heterocycles. The third kappa shape index (κ3) is 1.10. The molecule has 0 saturated heterocycles. The van der Waals surface area contributed by atoms with Gasteiger partial charge in [0, 0.05) is 12.1 Å². The summed E-state index contributed by atoms with van der Waals surface area (Å²) in [5.41, 5.74) is 1.92. The van der Waals surface area contributed by atoms with Crippen molar-refractivity contribution in [3.63, 3.8) is 0 Å². The molecular formula is C9H9NOS. The van der Waals surface area contributed by atoms with Gasteiger partial charge in [-0.15, -0.1) is 0 Å². The zero-order chi connectivity index (χ0) is 8.55. The molecule has 0 aromatic heterocycles. The summed E-state index contributed by atoms with van der Waals surface area (Å²) in [6, 6.07) is 7.68. The highest BCUT2D eigenvalue weighted by Gasteiger charge is 2.20. The number of benzene rings is 1. The van der Waals surface area contributed by atoms with Crippen molar-refractivity contribution in [3.05, 3.63) is 35.4 Å². The van der Waals surface area contributed by atoms with Gasteiger partial charge < -0.3 is 0 Å². The van der Waals surface area contributed by atoms with Crippen LogP contribution in [0, 0.1) is 0 Å². The molecule has 3 heteroatoms. The predicted molar refractivity (Wildman–Crippen MR) is 50.2 cm³/mol. The second-order valence-corrected chi connectivity index (χ2v) is 3.32. The maximum absolute atomic E-state index is 11.5. The van der Waals surface area contributed by atoms with E-state index in [0.29, 0.717) is 6.54 Å². The first-order chi connectivity index (χ1) is 5.79. The molecule has 0 atom stereocenters. The second-order valence-electron chi connectivity index (χ2n) is 2.84. The van der Waals surface area contributed by atoms with Crippen molar-refractivity contribution in [1.29, 1.82) is 0 Å². The van der Waals surface area contributed by atoms with E-state index in [2.05, 4.69) is 12.8 Å². The molecule has 1 aromatic rings. The van der Waals surface area contributed by atoms with Gasteiger partial charge in [-0.2, -0.15) is 0 Å². The molecule has 12 heavy (non-hydrogen) atoms. The van der Waals surface area contributed by atoms with Gasteiger partial charge in [0.1, 0.15) is 0 Å². The lowest BCUT2D eigenvalue weighted by molar-refractivity contribution is 0.0863. The molecule has 2 rings (SSSR count). The van der Waals surface area contributed by atoms with Gasteiger partial charge >= 0.3 is 0 Å². The fraction of sp³-hybridized carbons (Fsp3) is 0.222. The van der Waals surface area contributed by atoms with Gasteiger partial charge in [0.05, 0.1) is 0 Å². The molecule has 0 saturated carbocycles. The Bertz CT molecular complexity index is 324. The quantitative estimate of drug-likeness (QED) is 0.599. The van der Waals surface area contributed by atoms with Crippen molar-refractivity contribution in [2.24, 2.45) is 0 Å². The van der Waals surface area contributed by atoms with Gasteiger partial charge in [-0.25, -0.2) is 0 Å². The maximum Gasteiger partial charge on any atom is 0.263 e. The number of carbonyl (C=O) groups is 1. The zero-order valence-electron chi connectivity index (χ0n) is 6.53. The topological polar surface area (TPSA) is 20.3 Å². The second kappa shape index (κ2) is 2.83. The number of fused-ring (bicyclic) bond motifs is 1. The van der Waals surface area contributed by atoms with Crippen LogP contribution in [0.2, 0.25) is 0 Å². The number of nitrogens with zero attached hydrogens (tertiary/aromatic N) is 1. The summed E-state index contributed by atoms with van der Waals surface area (Å²) < 4.78 is 1.46. The van der Waals surface area contributed by atoms with E-state index >= 15 is 0 Å². The lowest BCUT2D eigenvalue weighted by Crippen LogP contribution is -2.30. The molecular weight excluding hydrogens is 170 g/mol. The lowest BCUT2D eigenvalue weighted by Gasteiger charge is -2.22. The molecule has 0 bridgehead atoms. The molecule has 0 radical (unpaired) electrons. The number of amides is 1. The summed E-state index contributed by atoms with van der Waals surface area (Å²) >= 11 is 4.06. The molecule has 0 aliphatic carbocycles. The number of hydrogen-bond donors (Lipinski definition) is 1. The Balaban J connectivity index is 2.49. The summed E-state index contributed by atoms with van der Waals surface area (Å²) in [5, 5.41) is 0. The van der Waals surface area contributed by atoms with Crippen LogP contribution in [0.4, 0.5) is 0 Å². The van der Waals surface area contributed by atoms with Crippen LogP contribution in [-0.2, 0) is 6.42 Å². The standard InChI is InChI=1S/C9H9NOS/c11-9-8-4-2-1-3-7(8)5-6-10(9)12/h1-4,12H,5-6H2. The van der Waals surface area contributed by atoms with E-state index in [4.69, 9.17) is 0 Å². The SMILES string of the molecule is O=C1c2ccccc2CCN1S. The Kier molecular flexibility index (Phi) is 1.81. The highest BCUT2D eigenvalue weighted by Crippen LogP contribution is 2.19. The third-order valence-electron chi connectivity index (χ3n) is 2.08. The van der Waals surface area contributed by atoms with Crippen molar-refractivity contribution >= 4 is 18.7 Å². The molecule has 2 nitrogen and oxygen atoms in total. The van der Waals surface area contributed by atoms with Gasteiger partial charge in [0.15, 0.2) is 0 Å². The van der Waals surface area contributed by atoms with Gasteiger partial charge in [0.25, 0.3) is 5.91 Å². The maximum atomic E-state index is 11.5. The van der Waals surface area contributed by atoms with Gasteiger partial charge in [-0.1, -0.05) is 31.0 Å². The van der Waals surface area contributed by atoms with Crippen LogP contribution in [0.15, 0.2) is 24.3 Å². The van der Waals surface area contributed by atoms with Crippen molar-refractivity contribution in [3.8, 4) is 0 Å². The van der Waals surface area contributed by atoms with Crippen molar-refractivity contribution < 1.29 is 4.79 Å². The van der Waals surface area contributed by atoms with E-state index in [0.717, 1.165) is 17.5 Å². The highest BCUT2D eigenvalue weighted by molar-refractivity contribution is 7.78. The minimum absolute atomic E-state index is 0.0141. The van der Waals surface area contributed by atoms with Crippen LogP contribution in [0.5, 0.6) is 0 Å². The molecule has 62 valence electrons. The first-order valence-electron chi connectivity index (χ1n) is 3.87. The highest BCUT2D eigenvalue weighted by atomic mass is 32.1. The van der Waals surface area contributed by atoms with Crippen LogP contribution in [0.1, 0.15) is 15.9 Å². The Morgan fingerprint density at radius 1 is 1.33 bits per heavy atom. The monoisotopic (exact) mass is 179 g/mol. The van der Waals surface area contributed by atoms with E-state index in [-0.39, 0.29) is 5.91 Å². The average molecular weight is 179 g/mol. The smallest absolute Gasteiger partial charge is 0.263 e. The first-order valence-corrected chi connectivity index (χ1v) is 4.27. The molecule has 0 N–H and O–H groups in total. The van der Waals surface area contributed by atoms with Crippen LogP contribution >= 0.6 is 12.8 Å². The molecule has 1 aromatic carbocycles. The lowest BCUT2D eigenvalue weighted by atomic mass is 10.0. The molecule has 0 unspecified atom stereocenters. The zero-order valence-corrected chi connectivity index (χ0v) is 7.42. The number of hydrogen-bond acceptors (Lipinski definition) is 2. The molecule has 0 spiro atoms. The fourth-order valence-electron chi connectivity index (χ4n) is 1.41. The van der Waals surface area contributed by atoms with Crippen LogP contribution in [0.3, 0.4) is 0 Å². The molecule has 1 aliphatic heterocycles. The Hall–Kier alpha value is -0.960. The Morgan fingerprint density at radius 3 is 2.92 bits per heavy atom. The Labute approximate surface area is 76.7 Å². The number of rotatable bonds is 0. The summed E-state index contributed by atoms with van der Waals surface area (Å²) in [7, 11) is 0. The molecule has 0 fully saturated rings. The van der Waals surface area contributed by atoms with E-state index < -0.39 is 0 Å². The van der Waals surface area contributed by atoms with E-state index in [1.54, 1.807) is 0 Å². The van der Waals surface area contributed by atoms with Crippen LogP contribution in [-0.4, -0.2) is 16.8 Å².